The van der Waals surface area contributed by atoms with Crippen LogP contribution in [0.25, 0.3) is 0 Å². The van der Waals surface area contributed by atoms with Gasteiger partial charge in [0.2, 0.25) is 0 Å². The molecule has 0 aromatic heterocycles. The molecule has 3 rings (SSSR count). The highest BCUT2D eigenvalue weighted by atomic mass is 35.5. The van der Waals surface area contributed by atoms with Crippen molar-refractivity contribution in [3.8, 4) is 5.75 Å². The number of carbonyl (C=O) groups excluding carboxylic acids is 3. The van der Waals surface area contributed by atoms with Gasteiger partial charge in [0.15, 0.2) is 0 Å². The van der Waals surface area contributed by atoms with Crippen molar-refractivity contribution in [3.05, 3.63) is 101 Å². The highest BCUT2D eigenvalue weighted by Crippen LogP contribution is 2.17. The Labute approximate surface area is 190 Å². The van der Waals surface area contributed by atoms with Crippen LogP contribution >= 0.6 is 11.6 Å². The molecule has 0 bridgehead atoms. The molecular weight excluding hydrogens is 430 g/mol. The predicted molar refractivity (Wildman–Crippen MR) is 121 cm³/mol. The van der Waals surface area contributed by atoms with Crippen molar-refractivity contribution in [1.29, 1.82) is 0 Å². The summed E-state index contributed by atoms with van der Waals surface area (Å²) in [5.41, 5.74) is 4.60. The van der Waals surface area contributed by atoms with E-state index in [0.29, 0.717) is 27.6 Å². The highest BCUT2D eigenvalue weighted by molar-refractivity contribution is 6.35. The number of esters is 1. The fourth-order valence-corrected chi connectivity index (χ4v) is 2.84. The highest BCUT2D eigenvalue weighted by Gasteiger charge is 2.13. The minimum atomic E-state index is -0.868. The fraction of sp³-hybridized carbons (Fsp3) is 0.0833. The second-order valence-electron chi connectivity index (χ2n) is 6.73. The number of amides is 2. The van der Waals surface area contributed by atoms with Crippen molar-refractivity contribution in [2.45, 2.75) is 13.5 Å². The van der Waals surface area contributed by atoms with Gasteiger partial charge in [-0.2, -0.15) is 5.10 Å². The number of hydrazone groups is 1. The smallest absolute Gasteiger partial charge is 0.343 e. The molecule has 0 aliphatic carbocycles. The third-order valence-corrected chi connectivity index (χ3v) is 4.61. The molecule has 0 unspecified atom stereocenters. The van der Waals surface area contributed by atoms with Crippen molar-refractivity contribution in [1.82, 2.24) is 10.7 Å². The van der Waals surface area contributed by atoms with Gasteiger partial charge in [-0.05, 0) is 60.5 Å². The molecule has 0 heterocycles. The average Bonchev–Trinajstić information content (AvgIpc) is 2.81. The number of benzene rings is 3. The van der Waals surface area contributed by atoms with Crippen molar-refractivity contribution in [2.75, 3.05) is 0 Å². The lowest BCUT2D eigenvalue weighted by Crippen LogP contribution is -2.37. The standard InChI is InChI=1S/C24H20ClN3O4/c1-16(27-28-23(30)22(29)26-15-17-6-3-2-4-7-17)18-10-12-21(13-11-18)32-24(31)19-8-5-9-20(25)14-19/h2-14H,15H2,1H3,(H,26,29)(H,28,30)/b27-16+. The summed E-state index contributed by atoms with van der Waals surface area (Å²) in [6.07, 6.45) is 0. The molecule has 32 heavy (non-hydrogen) atoms. The van der Waals surface area contributed by atoms with Crippen LogP contribution in [0.5, 0.6) is 5.75 Å². The lowest BCUT2D eigenvalue weighted by molar-refractivity contribution is -0.139. The predicted octanol–water partition coefficient (Wildman–Crippen LogP) is 3.72. The van der Waals surface area contributed by atoms with E-state index in [4.69, 9.17) is 16.3 Å². The van der Waals surface area contributed by atoms with Crippen LogP contribution in [0.2, 0.25) is 5.02 Å². The molecular formula is C24H20ClN3O4. The Morgan fingerprint density at radius 1 is 0.875 bits per heavy atom. The number of carbonyl (C=O) groups is 3. The zero-order valence-electron chi connectivity index (χ0n) is 17.2. The monoisotopic (exact) mass is 449 g/mol. The Bertz CT molecular complexity index is 1150. The summed E-state index contributed by atoms with van der Waals surface area (Å²) in [6.45, 7) is 1.92. The number of hydrogen-bond donors (Lipinski definition) is 2. The molecule has 0 saturated carbocycles. The maximum absolute atomic E-state index is 12.2. The Kier molecular flexibility index (Phi) is 7.72. The van der Waals surface area contributed by atoms with E-state index < -0.39 is 17.8 Å². The molecule has 0 aliphatic heterocycles. The maximum Gasteiger partial charge on any atom is 0.343 e. The minimum Gasteiger partial charge on any atom is -0.423 e. The van der Waals surface area contributed by atoms with E-state index in [1.54, 1.807) is 49.4 Å². The van der Waals surface area contributed by atoms with E-state index in [9.17, 15) is 14.4 Å². The Morgan fingerprint density at radius 2 is 1.59 bits per heavy atom. The van der Waals surface area contributed by atoms with Gasteiger partial charge in [-0.1, -0.05) is 48.0 Å². The number of rotatable bonds is 6. The second-order valence-corrected chi connectivity index (χ2v) is 7.17. The Morgan fingerprint density at radius 3 is 2.28 bits per heavy atom. The first kappa shape index (κ1) is 22.7. The van der Waals surface area contributed by atoms with Crippen LogP contribution in [0, 0.1) is 0 Å². The molecule has 2 amide bonds. The number of nitrogens with one attached hydrogen (secondary N) is 2. The number of hydrogen-bond acceptors (Lipinski definition) is 5. The molecule has 0 aliphatic rings. The lowest BCUT2D eigenvalue weighted by atomic mass is 10.1. The van der Waals surface area contributed by atoms with E-state index in [2.05, 4.69) is 15.8 Å². The van der Waals surface area contributed by atoms with Crippen molar-refractivity contribution in [3.63, 3.8) is 0 Å². The lowest BCUT2D eigenvalue weighted by Gasteiger charge is -2.07. The Hall–Kier alpha value is -3.97. The summed E-state index contributed by atoms with van der Waals surface area (Å²) < 4.78 is 5.32. The number of ether oxygens (including phenoxy) is 1. The minimum absolute atomic E-state index is 0.241. The van der Waals surface area contributed by atoms with Gasteiger partial charge < -0.3 is 10.1 Å². The number of halogens is 1. The summed E-state index contributed by atoms with van der Waals surface area (Å²) >= 11 is 5.89. The summed E-state index contributed by atoms with van der Waals surface area (Å²) in [4.78, 5) is 36.0. The van der Waals surface area contributed by atoms with Crippen LogP contribution in [0.3, 0.4) is 0 Å². The molecule has 3 aromatic carbocycles. The van der Waals surface area contributed by atoms with Gasteiger partial charge in [-0.15, -0.1) is 0 Å². The molecule has 7 nitrogen and oxygen atoms in total. The SMILES string of the molecule is C/C(=N\NC(=O)C(=O)NCc1ccccc1)c1ccc(OC(=O)c2cccc(Cl)c2)cc1. The quantitative estimate of drug-likeness (QED) is 0.197. The normalized spacial score (nSPS) is 10.9. The molecule has 2 N–H and O–H groups in total. The molecule has 162 valence electrons. The molecule has 3 aromatic rings. The van der Waals surface area contributed by atoms with Crippen LogP contribution in [-0.4, -0.2) is 23.5 Å². The zero-order chi connectivity index (χ0) is 22.9. The first-order chi connectivity index (χ1) is 15.4. The van der Waals surface area contributed by atoms with Crippen LogP contribution in [0.15, 0.2) is 84.0 Å². The first-order valence-corrected chi connectivity index (χ1v) is 10.0. The molecule has 0 fully saturated rings. The van der Waals surface area contributed by atoms with E-state index in [1.807, 2.05) is 30.3 Å². The topological polar surface area (TPSA) is 96.9 Å². The zero-order valence-corrected chi connectivity index (χ0v) is 17.9. The van der Waals surface area contributed by atoms with Gasteiger partial charge in [-0.25, -0.2) is 10.2 Å². The van der Waals surface area contributed by atoms with Gasteiger partial charge in [0.05, 0.1) is 11.3 Å². The van der Waals surface area contributed by atoms with Crippen LogP contribution in [0.1, 0.15) is 28.4 Å². The first-order valence-electron chi connectivity index (χ1n) is 9.67. The average molecular weight is 450 g/mol. The molecule has 8 heteroatoms. The van der Waals surface area contributed by atoms with Crippen molar-refractivity contribution >= 4 is 35.1 Å². The summed E-state index contributed by atoms with van der Waals surface area (Å²) in [5.74, 6) is -1.84. The van der Waals surface area contributed by atoms with Crippen LogP contribution < -0.4 is 15.5 Å². The van der Waals surface area contributed by atoms with E-state index in [-0.39, 0.29) is 6.54 Å². The molecule has 0 saturated heterocycles. The van der Waals surface area contributed by atoms with Gasteiger partial charge in [0.25, 0.3) is 0 Å². The second kappa shape index (κ2) is 10.9. The van der Waals surface area contributed by atoms with E-state index in [1.165, 1.54) is 6.07 Å². The summed E-state index contributed by atoms with van der Waals surface area (Å²) in [6, 6.07) is 22.3. The van der Waals surface area contributed by atoms with E-state index >= 15 is 0 Å². The molecule has 0 radical (unpaired) electrons. The van der Waals surface area contributed by atoms with E-state index in [0.717, 1.165) is 5.56 Å². The van der Waals surface area contributed by atoms with Gasteiger partial charge >= 0.3 is 17.8 Å². The van der Waals surface area contributed by atoms with Crippen molar-refractivity contribution in [2.24, 2.45) is 5.10 Å². The molecule has 0 spiro atoms. The fourth-order valence-electron chi connectivity index (χ4n) is 2.65. The summed E-state index contributed by atoms with van der Waals surface area (Å²) in [5, 5.41) is 6.92. The van der Waals surface area contributed by atoms with Gasteiger partial charge in [0.1, 0.15) is 5.75 Å². The third-order valence-electron chi connectivity index (χ3n) is 4.37. The largest absolute Gasteiger partial charge is 0.423 e. The summed E-state index contributed by atoms with van der Waals surface area (Å²) in [7, 11) is 0. The Balaban J connectivity index is 1.53. The molecule has 0 atom stereocenters. The van der Waals surface area contributed by atoms with Crippen LogP contribution in [-0.2, 0) is 16.1 Å². The number of nitrogens with zero attached hydrogens (tertiary/aromatic N) is 1. The van der Waals surface area contributed by atoms with Gasteiger partial charge in [-0.3, -0.25) is 9.59 Å². The van der Waals surface area contributed by atoms with Gasteiger partial charge in [0, 0.05) is 11.6 Å². The van der Waals surface area contributed by atoms with Crippen molar-refractivity contribution < 1.29 is 19.1 Å². The maximum atomic E-state index is 12.2. The third kappa shape index (κ3) is 6.52. The van der Waals surface area contributed by atoms with Crippen LogP contribution in [0.4, 0.5) is 0 Å².